The van der Waals surface area contributed by atoms with Gasteiger partial charge in [0.25, 0.3) is 0 Å². The second kappa shape index (κ2) is 8.25. The molecule has 1 amide bonds. The summed E-state index contributed by atoms with van der Waals surface area (Å²) < 4.78 is 5.08. The van der Waals surface area contributed by atoms with E-state index in [1.54, 1.807) is 18.2 Å². The molecule has 0 aliphatic rings. The van der Waals surface area contributed by atoms with Gasteiger partial charge in [-0.15, -0.1) is 0 Å². The van der Waals surface area contributed by atoms with Crippen LogP contribution in [0.4, 0.5) is 10.5 Å². The Morgan fingerprint density at radius 1 is 1.26 bits per heavy atom. The summed E-state index contributed by atoms with van der Waals surface area (Å²) in [6.45, 7) is 7.02. The number of nitrogens with zero attached hydrogens (tertiary/aromatic N) is 1. The zero-order valence-electron chi connectivity index (χ0n) is 11.1. The van der Waals surface area contributed by atoms with Crippen LogP contribution in [0.25, 0.3) is 0 Å². The van der Waals surface area contributed by atoms with E-state index in [0.29, 0.717) is 28.9 Å². The number of carbonyl (C=O) groups is 1. The molecule has 0 aliphatic carbocycles. The number of hydrogen-bond acceptors (Lipinski definition) is 3. The minimum absolute atomic E-state index is 0.329. The van der Waals surface area contributed by atoms with Crippen molar-refractivity contribution in [2.75, 3.05) is 31.6 Å². The molecule has 1 aromatic carbocycles. The number of para-hydroxylation sites is 1. The van der Waals surface area contributed by atoms with E-state index >= 15 is 0 Å². The standard InChI is InChI=1S/C13H18Cl2N2O2/c1-3-17(4-2)8-9-19-13(18)16-12-10(14)6-5-7-11(12)15/h5-7H,3-4,8-9H2,1-2H3,(H,16,18). The van der Waals surface area contributed by atoms with E-state index < -0.39 is 6.09 Å². The molecule has 4 nitrogen and oxygen atoms in total. The Labute approximate surface area is 123 Å². The molecule has 0 saturated carbocycles. The molecular formula is C13H18Cl2N2O2. The topological polar surface area (TPSA) is 41.6 Å². The molecule has 0 fully saturated rings. The van der Waals surface area contributed by atoms with Crippen molar-refractivity contribution in [2.45, 2.75) is 13.8 Å². The molecule has 0 spiro atoms. The highest BCUT2D eigenvalue weighted by atomic mass is 35.5. The van der Waals surface area contributed by atoms with Crippen molar-refractivity contribution in [2.24, 2.45) is 0 Å². The highest BCUT2D eigenvalue weighted by Gasteiger charge is 2.10. The van der Waals surface area contributed by atoms with Gasteiger partial charge < -0.3 is 9.64 Å². The molecule has 0 atom stereocenters. The van der Waals surface area contributed by atoms with Crippen molar-refractivity contribution >= 4 is 35.0 Å². The number of amides is 1. The Bertz CT molecular complexity index is 403. The first-order valence-corrected chi connectivity index (χ1v) is 6.94. The van der Waals surface area contributed by atoms with Gasteiger partial charge in [0.15, 0.2) is 0 Å². The van der Waals surface area contributed by atoms with Crippen molar-refractivity contribution in [1.82, 2.24) is 4.90 Å². The SMILES string of the molecule is CCN(CC)CCOC(=O)Nc1c(Cl)cccc1Cl. The predicted molar refractivity (Wildman–Crippen MR) is 79.2 cm³/mol. The van der Waals surface area contributed by atoms with Gasteiger partial charge in [0, 0.05) is 6.54 Å². The third-order valence-corrected chi connectivity index (χ3v) is 3.35. The van der Waals surface area contributed by atoms with E-state index in [0.717, 1.165) is 13.1 Å². The van der Waals surface area contributed by atoms with Gasteiger partial charge in [-0.3, -0.25) is 5.32 Å². The van der Waals surface area contributed by atoms with Crippen LogP contribution in [0.15, 0.2) is 18.2 Å². The number of benzene rings is 1. The summed E-state index contributed by atoms with van der Waals surface area (Å²) >= 11 is 11.9. The third kappa shape index (κ3) is 5.27. The van der Waals surface area contributed by atoms with Gasteiger partial charge in [0.05, 0.1) is 15.7 Å². The maximum absolute atomic E-state index is 11.6. The average Bonchev–Trinajstić information content (AvgIpc) is 2.39. The van der Waals surface area contributed by atoms with Gasteiger partial charge in [-0.1, -0.05) is 43.1 Å². The van der Waals surface area contributed by atoms with Crippen LogP contribution >= 0.6 is 23.2 Å². The number of hydrogen-bond donors (Lipinski definition) is 1. The Hall–Kier alpha value is -0.970. The second-order valence-electron chi connectivity index (χ2n) is 3.88. The highest BCUT2D eigenvalue weighted by molar-refractivity contribution is 6.39. The van der Waals surface area contributed by atoms with E-state index in [4.69, 9.17) is 27.9 Å². The molecule has 1 rings (SSSR count). The summed E-state index contributed by atoms with van der Waals surface area (Å²) in [7, 11) is 0. The lowest BCUT2D eigenvalue weighted by Crippen LogP contribution is -2.28. The number of halogens is 2. The van der Waals surface area contributed by atoms with E-state index in [-0.39, 0.29) is 0 Å². The average molecular weight is 305 g/mol. The number of anilines is 1. The van der Waals surface area contributed by atoms with Crippen molar-refractivity contribution in [3.05, 3.63) is 28.2 Å². The second-order valence-corrected chi connectivity index (χ2v) is 4.70. The molecule has 0 bridgehead atoms. The molecule has 1 N–H and O–H groups in total. The Balaban J connectivity index is 2.43. The predicted octanol–water partition coefficient (Wildman–Crippen LogP) is 3.88. The van der Waals surface area contributed by atoms with Crippen LogP contribution in [-0.4, -0.2) is 37.2 Å². The summed E-state index contributed by atoms with van der Waals surface area (Å²) in [5, 5.41) is 3.31. The summed E-state index contributed by atoms with van der Waals surface area (Å²) in [5.41, 5.74) is 0.374. The van der Waals surface area contributed by atoms with Crippen molar-refractivity contribution in [3.8, 4) is 0 Å². The smallest absolute Gasteiger partial charge is 0.411 e. The van der Waals surface area contributed by atoms with Crippen LogP contribution in [0.3, 0.4) is 0 Å². The molecule has 1 aromatic rings. The van der Waals surface area contributed by atoms with E-state index in [2.05, 4.69) is 24.1 Å². The van der Waals surface area contributed by atoms with Gasteiger partial charge in [-0.25, -0.2) is 4.79 Å². The zero-order chi connectivity index (χ0) is 14.3. The van der Waals surface area contributed by atoms with Crippen molar-refractivity contribution < 1.29 is 9.53 Å². The molecule has 0 aliphatic heterocycles. The van der Waals surface area contributed by atoms with Crippen LogP contribution in [0.2, 0.25) is 10.0 Å². The number of carbonyl (C=O) groups excluding carboxylic acids is 1. The van der Waals surface area contributed by atoms with Crippen LogP contribution in [0, 0.1) is 0 Å². The van der Waals surface area contributed by atoms with E-state index in [9.17, 15) is 4.79 Å². The first-order valence-electron chi connectivity index (χ1n) is 6.18. The third-order valence-electron chi connectivity index (χ3n) is 2.72. The molecule has 0 aromatic heterocycles. The molecular weight excluding hydrogens is 287 g/mol. The Kier molecular flexibility index (Phi) is 6.99. The minimum Gasteiger partial charge on any atom is -0.448 e. The number of ether oxygens (including phenoxy) is 1. The van der Waals surface area contributed by atoms with Crippen LogP contribution in [-0.2, 0) is 4.74 Å². The monoisotopic (exact) mass is 304 g/mol. The normalized spacial score (nSPS) is 10.6. The fourth-order valence-electron chi connectivity index (χ4n) is 1.56. The maximum Gasteiger partial charge on any atom is 0.411 e. The number of likely N-dealkylation sites (N-methyl/N-ethyl adjacent to an activating group) is 1. The first kappa shape index (κ1) is 16.1. The molecule has 106 valence electrons. The van der Waals surface area contributed by atoms with Crippen LogP contribution < -0.4 is 5.32 Å². The highest BCUT2D eigenvalue weighted by Crippen LogP contribution is 2.29. The number of nitrogens with one attached hydrogen (secondary N) is 1. The lowest BCUT2D eigenvalue weighted by Gasteiger charge is -2.17. The van der Waals surface area contributed by atoms with E-state index in [1.165, 1.54) is 0 Å². The molecule has 0 heterocycles. The van der Waals surface area contributed by atoms with Gasteiger partial charge >= 0.3 is 6.09 Å². The molecule has 6 heteroatoms. The van der Waals surface area contributed by atoms with E-state index in [1.807, 2.05) is 0 Å². The molecule has 0 saturated heterocycles. The quantitative estimate of drug-likeness (QED) is 0.867. The summed E-state index contributed by atoms with van der Waals surface area (Å²) in [4.78, 5) is 13.8. The summed E-state index contributed by atoms with van der Waals surface area (Å²) in [6, 6.07) is 5.01. The van der Waals surface area contributed by atoms with Gasteiger partial charge in [0.2, 0.25) is 0 Å². The summed E-state index contributed by atoms with van der Waals surface area (Å²) in [6.07, 6.45) is -0.554. The van der Waals surface area contributed by atoms with Crippen LogP contribution in [0.5, 0.6) is 0 Å². The lowest BCUT2D eigenvalue weighted by atomic mass is 10.3. The zero-order valence-corrected chi connectivity index (χ0v) is 12.6. The molecule has 0 radical (unpaired) electrons. The Morgan fingerprint density at radius 3 is 2.37 bits per heavy atom. The first-order chi connectivity index (χ1) is 9.08. The summed E-state index contributed by atoms with van der Waals surface area (Å²) in [5.74, 6) is 0. The molecule has 19 heavy (non-hydrogen) atoms. The fourth-order valence-corrected chi connectivity index (χ4v) is 2.05. The van der Waals surface area contributed by atoms with Crippen molar-refractivity contribution in [3.63, 3.8) is 0 Å². The van der Waals surface area contributed by atoms with Crippen LogP contribution in [0.1, 0.15) is 13.8 Å². The maximum atomic E-state index is 11.6. The van der Waals surface area contributed by atoms with Gasteiger partial charge in [0.1, 0.15) is 6.61 Å². The van der Waals surface area contributed by atoms with Crippen molar-refractivity contribution in [1.29, 1.82) is 0 Å². The molecule has 0 unspecified atom stereocenters. The lowest BCUT2D eigenvalue weighted by molar-refractivity contribution is 0.142. The largest absolute Gasteiger partial charge is 0.448 e. The minimum atomic E-state index is -0.554. The van der Waals surface area contributed by atoms with Gasteiger partial charge in [-0.05, 0) is 25.2 Å². The van der Waals surface area contributed by atoms with Gasteiger partial charge in [-0.2, -0.15) is 0 Å². The Morgan fingerprint density at radius 2 is 1.84 bits per heavy atom. The number of rotatable bonds is 6. The fraction of sp³-hybridized carbons (Fsp3) is 0.462.